The van der Waals surface area contributed by atoms with Crippen molar-refractivity contribution >= 4 is 49.4 Å². The number of aliphatic hydroxyl groups is 1. The third kappa shape index (κ3) is 4.22. The van der Waals surface area contributed by atoms with E-state index in [4.69, 9.17) is 0 Å². The predicted molar refractivity (Wildman–Crippen MR) is 125 cm³/mol. The van der Waals surface area contributed by atoms with Crippen molar-refractivity contribution in [2.75, 3.05) is 11.6 Å². The van der Waals surface area contributed by atoms with E-state index in [1.807, 2.05) is 22.6 Å². The zero-order chi connectivity index (χ0) is 21.7. The molecule has 0 aromatic carbocycles. The average Bonchev–Trinajstić information content (AvgIpc) is 3.02. The van der Waals surface area contributed by atoms with E-state index >= 15 is 0 Å². The highest BCUT2D eigenvalue weighted by atomic mass is 127. The van der Waals surface area contributed by atoms with Crippen molar-refractivity contribution in [3.8, 4) is 0 Å². The van der Waals surface area contributed by atoms with Gasteiger partial charge in [0.15, 0.2) is 0 Å². The van der Waals surface area contributed by atoms with Gasteiger partial charge in [0.05, 0.1) is 20.5 Å². The van der Waals surface area contributed by atoms with Crippen LogP contribution in [0.2, 0.25) is 0 Å². The Balaban J connectivity index is 1.65. The molecule has 0 spiro atoms. The molecule has 0 aliphatic heterocycles. The molecule has 0 bridgehead atoms. The number of halogens is 1. The summed E-state index contributed by atoms with van der Waals surface area (Å²) in [5, 5.41) is 14.6. The number of pyridine rings is 1. The smallest absolute Gasteiger partial charge is 0.266 e. The van der Waals surface area contributed by atoms with Gasteiger partial charge in [0, 0.05) is 23.9 Å². The number of fused-ring (bicyclic) bond motifs is 1. The van der Waals surface area contributed by atoms with Gasteiger partial charge < -0.3 is 10.4 Å². The van der Waals surface area contributed by atoms with Gasteiger partial charge in [-0.15, -0.1) is 0 Å². The molecule has 2 saturated carbocycles. The van der Waals surface area contributed by atoms with E-state index in [9.17, 15) is 18.3 Å². The Hall–Kier alpha value is -1.27. The lowest BCUT2D eigenvalue weighted by molar-refractivity contribution is 0.0266. The summed E-state index contributed by atoms with van der Waals surface area (Å²) in [5.41, 5.74) is -0.576. The van der Waals surface area contributed by atoms with E-state index in [0.29, 0.717) is 34.4 Å². The van der Waals surface area contributed by atoms with Crippen LogP contribution in [0.4, 0.5) is 5.95 Å². The highest BCUT2D eigenvalue weighted by molar-refractivity contribution is 14.1. The quantitative estimate of drug-likeness (QED) is 0.567. The first-order chi connectivity index (χ1) is 14.1. The maximum atomic E-state index is 13.0. The molecule has 2 heterocycles. The summed E-state index contributed by atoms with van der Waals surface area (Å²) in [6, 6.07) is 1.55. The molecule has 2 N–H and O–H groups in total. The molecule has 30 heavy (non-hydrogen) atoms. The molecule has 2 atom stereocenters. The standard InChI is InChI=1S/C20H27IN4O4S/c1-20(27)9-3-4-16(20)25-17-12(10-15(21)18(25)26)11-22-19(24-17)23-13-5-7-14(8-6-13)30(2,28)29/h10-11,13-14,16,27H,3-9H2,1-2H3,(H,22,23,24)/t13?,14?,16-,20-/m1/s1. The first kappa shape index (κ1) is 21.9. The molecule has 164 valence electrons. The lowest BCUT2D eigenvalue weighted by Gasteiger charge is -2.29. The Morgan fingerprint density at radius 3 is 2.57 bits per heavy atom. The van der Waals surface area contributed by atoms with Gasteiger partial charge in [-0.2, -0.15) is 4.98 Å². The van der Waals surface area contributed by atoms with Crippen molar-refractivity contribution in [3.63, 3.8) is 0 Å². The van der Waals surface area contributed by atoms with Gasteiger partial charge in [-0.25, -0.2) is 13.4 Å². The molecule has 0 saturated heterocycles. The molecule has 2 aromatic heterocycles. The first-order valence-electron chi connectivity index (χ1n) is 10.3. The van der Waals surface area contributed by atoms with Crippen molar-refractivity contribution in [3.05, 3.63) is 26.2 Å². The van der Waals surface area contributed by atoms with Gasteiger partial charge in [-0.3, -0.25) is 9.36 Å². The second-order valence-electron chi connectivity index (χ2n) is 8.85. The maximum absolute atomic E-state index is 13.0. The second kappa shape index (κ2) is 8.01. The monoisotopic (exact) mass is 546 g/mol. The molecule has 0 radical (unpaired) electrons. The Bertz CT molecular complexity index is 1120. The van der Waals surface area contributed by atoms with Crippen molar-refractivity contribution in [1.82, 2.24) is 14.5 Å². The van der Waals surface area contributed by atoms with Crippen molar-refractivity contribution in [2.24, 2.45) is 0 Å². The van der Waals surface area contributed by atoms with E-state index in [-0.39, 0.29) is 22.9 Å². The van der Waals surface area contributed by atoms with Crippen LogP contribution in [0.25, 0.3) is 11.0 Å². The molecular formula is C20H27IN4O4S. The summed E-state index contributed by atoms with van der Waals surface area (Å²) >= 11 is 2.02. The lowest BCUT2D eigenvalue weighted by atomic mass is 9.95. The van der Waals surface area contributed by atoms with Gasteiger partial charge in [-0.05, 0) is 80.5 Å². The Labute approximate surface area is 189 Å². The van der Waals surface area contributed by atoms with Gasteiger partial charge in [-0.1, -0.05) is 0 Å². The summed E-state index contributed by atoms with van der Waals surface area (Å²) in [6.45, 7) is 1.78. The summed E-state index contributed by atoms with van der Waals surface area (Å²) in [7, 11) is -3.01. The number of hydrogen-bond donors (Lipinski definition) is 2. The topological polar surface area (TPSA) is 114 Å². The van der Waals surface area contributed by atoms with E-state index in [1.54, 1.807) is 23.8 Å². The van der Waals surface area contributed by atoms with Crippen molar-refractivity contribution < 1.29 is 13.5 Å². The maximum Gasteiger partial charge on any atom is 0.266 e. The van der Waals surface area contributed by atoms with E-state index in [0.717, 1.165) is 31.1 Å². The minimum Gasteiger partial charge on any atom is -0.388 e. The van der Waals surface area contributed by atoms with E-state index in [2.05, 4.69) is 15.3 Å². The molecule has 2 fully saturated rings. The summed E-state index contributed by atoms with van der Waals surface area (Å²) in [5.74, 6) is 0.428. The van der Waals surface area contributed by atoms with Crippen LogP contribution < -0.4 is 10.9 Å². The fourth-order valence-corrected chi connectivity index (χ4v) is 6.52. The van der Waals surface area contributed by atoms with Crippen LogP contribution in [0, 0.1) is 3.57 Å². The molecule has 4 rings (SSSR count). The normalized spacial score (nSPS) is 29.9. The molecule has 10 heteroatoms. The number of rotatable bonds is 4. The third-order valence-electron chi connectivity index (χ3n) is 6.53. The van der Waals surface area contributed by atoms with Crippen LogP contribution in [0.15, 0.2) is 17.1 Å². The van der Waals surface area contributed by atoms with Crippen LogP contribution >= 0.6 is 22.6 Å². The van der Waals surface area contributed by atoms with Crippen molar-refractivity contribution in [2.45, 2.75) is 74.8 Å². The minimum atomic E-state index is -3.01. The SMILES string of the molecule is C[C@@]1(O)CCC[C@H]1n1c(=O)c(I)cc2cnc(NC3CCC(S(C)(=O)=O)CC3)nc21. The second-order valence-corrected chi connectivity index (χ2v) is 12.3. The zero-order valence-electron chi connectivity index (χ0n) is 17.1. The molecular weight excluding hydrogens is 519 g/mol. The van der Waals surface area contributed by atoms with Crippen LogP contribution in [0.1, 0.15) is 57.9 Å². The molecule has 0 amide bonds. The van der Waals surface area contributed by atoms with Gasteiger partial charge >= 0.3 is 0 Å². The van der Waals surface area contributed by atoms with Gasteiger partial charge in [0.2, 0.25) is 5.95 Å². The van der Waals surface area contributed by atoms with Crippen LogP contribution in [0.3, 0.4) is 0 Å². The number of nitrogens with one attached hydrogen (secondary N) is 1. The summed E-state index contributed by atoms with van der Waals surface area (Å²) < 4.78 is 25.8. The van der Waals surface area contributed by atoms with Crippen LogP contribution in [0.5, 0.6) is 0 Å². The van der Waals surface area contributed by atoms with Crippen LogP contribution in [-0.4, -0.2) is 51.2 Å². The summed E-state index contributed by atoms with van der Waals surface area (Å²) in [4.78, 5) is 22.1. The average molecular weight is 546 g/mol. The Morgan fingerprint density at radius 1 is 1.27 bits per heavy atom. The number of hydrogen-bond acceptors (Lipinski definition) is 7. The number of aromatic nitrogens is 3. The van der Waals surface area contributed by atoms with Crippen LogP contribution in [-0.2, 0) is 9.84 Å². The third-order valence-corrected chi connectivity index (χ3v) is 8.99. The van der Waals surface area contributed by atoms with Gasteiger partial charge in [0.1, 0.15) is 15.5 Å². The van der Waals surface area contributed by atoms with Gasteiger partial charge in [0.25, 0.3) is 5.56 Å². The molecule has 8 nitrogen and oxygen atoms in total. The minimum absolute atomic E-state index is 0.0964. The lowest BCUT2D eigenvalue weighted by Crippen LogP contribution is -2.38. The van der Waals surface area contributed by atoms with E-state index < -0.39 is 15.4 Å². The number of sulfone groups is 1. The fraction of sp³-hybridized carbons (Fsp3) is 0.650. The number of nitrogens with zero attached hydrogens (tertiary/aromatic N) is 3. The Morgan fingerprint density at radius 2 is 1.97 bits per heavy atom. The van der Waals surface area contributed by atoms with E-state index in [1.165, 1.54) is 6.26 Å². The largest absolute Gasteiger partial charge is 0.388 e. The molecule has 0 unspecified atom stereocenters. The number of anilines is 1. The Kier molecular flexibility index (Phi) is 5.86. The zero-order valence-corrected chi connectivity index (χ0v) is 20.1. The molecule has 2 aliphatic carbocycles. The highest BCUT2D eigenvalue weighted by Crippen LogP contribution is 2.39. The summed E-state index contributed by atoms with van der Waals surface area (Å²) in [6.07, 6.45) is 7.95. The fourth-order valence-electron chi connectivity index (χ4n) is 4.80. The highest BCUT2D eigenvalue weighted by Gasteiger charge is 2.39. The van der Waals surface area contributed by atoms with Crippen molar-refractivity contribution in [1.29, 1.82) is 0 Å². The predicted octanol–water partition coefficient (Wildman–Crippen LogP) is 2.64. The first-order valence-corrected chi connectivity index (χ1v) is 13.3. The molecule has 2 aliphatic rings. The molecule has 2 aromatic rings.